The number of carbonyl (C=O) groups is 2. The Morgan fingerprint density at radius 2 is 2.04 bits per heavy atom. The smallest absolute Gasteiger partial charge is 0.244 e. The maximum Gasteiger partial charge on any atom is 0.244 e. The molecule has 0 saturated heterocycles. The van der Waals surface area contributed by atoms with Crippen LogP contribution in [0, 0.1) is 0 Å². The van der Waals surface area contributed by atoms with Gasteiger partial charge in [0, 0.05) is 19.4 Å². The Morgan fingerprint density at radius 3 is 2.71 bits per heavy atom. The second-order valence-corrected chi connectivity index (χ2v) is 5.45. The number of nitrogens with zero attached hydrogens (tertiary/aromatic N) is 1. The first-order chi connectivity index (χ1) is 11.6. The van der Waals surface area contributed by atoms with E-state index >= 15 is 0 Å². The fourth-order valence-electron chi connectivity index (χ4n) is 2.46. The third-order valence-corrected chi connectivity index (χ3v) is 3.87. The Morgan fingerprint density at radius 1 is 1.29 bits per heavy atom. The van der Waals surface area contributed by atoms with E-state index in [9.17, 15) is 9.59 Å². The maximum atomic E-state index is 12.1. The summed E-state index contributed by atoms with van der Waals surface area (Å²) < 4.78 is 10.5. The highest BCUT2D eigenvalue weighted by atomic mass is 16.5. The monoisotopic (exact) mass is 333 g/mol. The maximum absolute atomic E-state index is 12.1. The van der Waals surface area contributed by atoms with Crippen molar-refractivity contribution >= 4 is 17.4 Å². The minimum Gasteiger partial charge on any atom is -0.493 e. The third-order valence-electron chi connectivity index (χ3n) is 3.87. The minimum atomic E-state index is -0.471. The molecule has 0 radical (unpaired) electrons. The second kappa shape index (κ2) is 8.33. The number of ketones is 1. The first-order valence-corrected chi connectivity index (χ1v) is 7.93. The molecular formula is C17H23N3O4. The predicted octanol–water partition coefficient (Wildman–Crippen LogP) is 1.06. The molecule has 0 aliphatic carbocycles. The van der Waals surface area contributed by atoms with Gasteiger partial charge in [-0.2, -0.15) is 5.10 Å². The van der Waals surface area contributed by atoms with Crippen molar-refractivity contribution in [3.8, 4) is 11.5 Å². The minimum absolute atomic E-state index is 0.0249. The van der Waals surface area contributed by atoms with Crippen molar-refractivity contribution in [3.63, 3.8) is 0 Å². The molecule has 1 aromatic carbocycles. The molecule has 0 bridgehead atoms. The van der Waals surface area contributed by atoms with Gasteiger partial charge < -0.3 is 14.8 Å². The van der Waals surface area contributed by atoms with Crippen LogP contribution in [0.3, 0.4) is 0 Å². The molecule has 0 aromatic heterocycles. The van der Waals surface area contributed by atoms with Crippen molar-refractivity contribution in [2.45, 2.75) is 32.2 Å². The number of methoxy groups -OCH3 is 2. The van der Waals surface area contributed by atoms with Gasteiger partial charge >= 0.3 is 0 Å². The van der Waals surface area contributed by atoms with Crippen molar-refractivity contribution in [2.24, 2.45) is 5.10 Å². The fraction of sp³-hybridized carbons (Fsp3) is 0.471. The SMILES string of the molecule is CCC(=O)C1=NNC(C(=O)NCCc2ccc(OC)c(OC)c2)C1. The van der Waals surface area contributed by atoms with E-state index in [-0.39, 0.29) is 11.7 Å². The van der Waals surface area contributed by atoms with Crippen molar-refractivity contribution in [3.05, 3.63) is 23.8 Å². The molecule has 1 aliphatic heterocycles. The normalized spacial score (nSPS) is 16.1. The van der Waals surface area contributed by atoms with Gasteiger partial charge in [-0.05, 0) is 24.1 Å². The molecule has 0 fully saturated rings. The lowest BCUT2D eigenvalue weighted by Crippen LogP contribution is -2.41. The summed E-state index contributed by atoms with van der Waals surface area (Å²) in [4.78, 5) is 23.7. The summed E-state index contributed by atoms with van der Waals surface area (Å²) >= 11 is 0. The van der Waals surface area contributed by atoms with Gasteiger partial charge in [0.2, 0.25) is 5.91 Å². The lowest BCUT2D eigenvalue weighted by Gasteiger charge is -2.12. The van der Waals surface area contributed by atoms with Gasteiger partial charge in [-0.1, -0.05) is 13.0 Å². The molecular weight excluding hydrogens is 310 g/mol. The number of nitrogens with one attached hydrogen (secondary N) is 2. The number of carbonyl (C=O) groups excluding carboxylic acids is 2. The zero-order valence-electron chi connectivity index (χ0n) is 14.2. The van der Waals surface area contributed by atoms with Crippen LogP contribution in [-0.2, 0) is 16.0 Å². The lowest BCUT2D eigenvalue weighted by atomic mass is 10.1. The van der Waals surface area contributed by atoms with E-state index in [4.69, 9.17) is 9.47 Å². The largest absolute Gasteiger partial charge is 0.493 e. The summed E-state index contributed by atoms with van der Waals surface area (Å²) in [6.45, 7) is 2.27. The predicted molar refractivity (Wildman–Crippen MR) is 90.5 cm³/mol. The number of ether oxygens (including phenoxy) is 2. The van der Waals surface area contributed by atoms with Crippen LogP contribution in [0.25, 0.3) is 0 Å². The van der Waals surface area contributed by atoms with Crippen molar-refractivity contribution < 1.29 is 19.1 Å². The van der Waals surface area contributed by atoms with Crippen molar-refractivity contribution in [1.82, 2.24) is 10.7 Å². The number of benzene rings is 1. The summed E-state index contributed by atoms with van der Waals surface area (Å²) in [7, 11) is 3.18. The molecule has 1 unspecified atom stereocenters. The standard InChI is InChI=1S/C17H23N3O4/c1-4-14(21)12-10-13(20-19-12)17(22)18-8-7-11-5-6-15(23-2)16(9-11)24-3/h5-6,9,13,20H,4,7-8,10H2,1-3H3,(H,18,22). The Labute approximate surface area is 141 Å². The van der Waals surface area contributed by atoms with E-state index in [1.165, 1.54) is 0 Å². The molecule has 1 aliphatic rings. The number of hydrazone groups is 1. The van der Waals surface area contributed by atoms with E-state index in [2.05, 4.69) is 15.8 Å². The van der Waals surface area contributed by atoms with E-state index in [1.807, 2.05) is 18.2 Å². The fourth-order valence-corrected chi connectivity index (χ4v) is 2.46. The van der Waals surface area contributed by atoms with Crippen LogP contribution in [0.1, 0.15) is 25.3 Å². The van der Waals surface area contributed by atoms with E-state index in [1.54, 1.807) is 21.1 Å². The van der Waals surface area contributed by atoms with E-state index in [0.717, 1.165) is 5.56 Å². The average molecular weight is 333 g/mol. The summed E-state index contributed by atoms with van der Waals surface area (Å²) in [5.41, 5.74) is 4.20. The highest BCUT2D eigenvalue weighted by Crippen LogP contribution is 2.27. The van der Waals surface area contributed by atoms with E-state index < -0.39 is 6.04 Å². The van der Waals surface area contributed by atoms with Crippen molar-refractivity contribution in [1.29, 1.82) is 0 Å². The van der Waals surface area contributed by atoms with Gasteiger partial charge in [0.15, 0.2) is 17.3 Å². The Hall–Kier alpha value is -2.57. The summed E-state index contributed by atoms with van der Waals surface area (Å²) in [5, 5.41) is 6.80. The third kappa shape index (κ3) is 4.24. The highest BCUT2D eigenvalue weighted by Gasteiger charge is 2.27. The Kier molecular flexibility index (Phi) is 6.17. The topological polar surface area (TPSA) is 89.0 Å². The molecule has 7 heteroatoms. The van der Waals surface area contributed by atoms with Crippen LogP contribution in [0.2, 0.25) is 0 Å². The van der Waals surface area contributed by atoms with Gasteiger partial charge in [-0.15, -0.1) is 0 Å². The summed E-state index contributed by atoms with van der Waals surface area (Å²) in [5.74, 6) is 1.15. The number of hydrogen-bond donors (Lipinski definition) is 2. The first-order valence-electron chi connectivity index (χ1n) is 7.93. The molecule has 2 N–H and O–H groups in total. The number of Topliss-reactive ketones (excluding diaryl/α,β-unsaturated/α-hetero) is 1. The van der Waals surface area contributed by atoms with Gasteiger partial charge in [0.1, 0.15) is 11.8 Å². The molecule has 130 valence electrons. The molecule has 0 saturated carbocycles. The lowest BCUT2D eigenvalue weighted by molar-refractivity contribution is -0.122. The van der Waals surface area contributed by atoms with Crippen LogP contribution < -0.4 is 20.2 Å². The van der Waals surface area contributed by atoms with Gasteiger partial charge in [-0.3, -0.25) is 15.0 Å². The van der Waals surface area contributed by atoms with Gasteiger partial charge in [0.25, 0.3) is 0 Å². The molecule has 1 atom stereocenters. The van der Waals surface area contributed by atoms with Crippen LogP contribution in [0.5, 0.6) is 11.5 Å². The zero-order chi connectivity index (χ0) is 17.5. The first kappa shape index (κ1) is 17.8. The number of rotatable bonds is 8. The zero-order valence-corrected chi connectivity index (χ0v) is 14.2. The molecule has 7 nitrogen and oxygen atoms in total. The Bertz CT molecular complexity index is 643. The van der Waals surface area contributed by atoms with Crippen LogP contribution in [0.4, 0.5) is 0 Å². The van der Waals surface area contributed by atoms with Crippen LogP contribution in [-0.4, -0.2) is 44.2 Å². The molecule has 1 heterocycles. The van der Waals surface area contributed by atoms with Crippen LogP contribution >= 0.6 is 0 Å². The Balaban J connectivity index is 1.80. The molecule has 1 amide bonds. The van der Waals surface area contributed by atoms with Gasteiger partial charge in [-0.25, -0.2) is 0 Å². The number of amides is 1. The summed E-state index contributed by atoms with van der Waals surface area (Å²) in [6, 6.07) is 5.19. The number of hydrogen-bond acceptors (Lipinski definition) is 6. The molecule has 1 aromatic rings. The van der Waals surface area contributed by atoms with E-state index in [0.29, 0.717) is 43.0 Å². The van der Waals surface area contributed by atoms with Crippen molar-refractivity contribution in [2.75, 3.05) is 20.8 Å². The average Bonchev–Trinajstić information content (AvgIpc) is 3.11. The molecule has 24 heavy (non-hydrogen) atoms. The quantitative estimate of drug-likeness (QED) is 0.742. The highest BCUT2D eigenvalue weighted by molar-refractivity contribution is 6.40. The molecule has 0 spiro atoms. The second-order valence-electron chi connectivity index (χ2n) is 5.45. The molecule has 2 rings (SSSR count). The van der Waals surface area contributed by atoms with Gasteiger partial charge in [0.05, 0.1) is 14.2 Å². The van der Waals surface area contributed by atoms with Crippen LogP contribution in [0.15, 0.2) is 23.3 Å². The summed E-state index contributed by atoms with van der Waals surface area (Å²) in [6.07, 6.45) is 1.41.